The van der Waals surface area contributed by atoms with Crippen molar-refractivity contribution >= 4 is 0 Å². The van der Waals surface area contributed by atoms with Gasteiger partial charge in [0.1, 0.15) is 5.75 Å². The number of aromatic nitrogens is 1. The van der Waals surface area contributed by atoms with Crippen LogP contribution in [0.25, 0.3) is 0 Å². The molecule has 2 aromatic rings. The van der Waals surface area contributed by atoms with Crippen LogP contribution in [-0.2, 0) is 0 Å². The second-order valence-corrected chi connectivity index (χ2v) is 3.45. The van der Waals surface area contributed by atoms with Gasteiger partial charge in [0.25, 0.3) is 0 Å². The number of hydrogen-bond acceptors (Lipinski definition) is 2. The molecular formula is C15H13NO. The summed E-state index contributed by atoms with van der Waals surface area (Å²) >= 11 is 0. The zero-order valence-corrected chi connectivity index (χ0v) is 9.68. The molecule has 0 spiro atoms. The van der Waals surface area contributed by atoms with Crippen LogP contribution in [0.2, 0.25) is 0 Å². The summed E-state index contributed by atoms with van der Waals surface area (Å²) in [6, 6.07) is 11.6. The summed E-state index contributed by atoms with van der Waals surface area (Å²) in [7, 11) is 0. The minimum absolute atomic E-state index is 0.681. The van der Waals surface area contributed by atoms with E-state index in [1.54, 1.807) is 12.4 Å². The second kappa shape index (κ2) is 5.72. The zero-order chi connectivity index (χ0) is 11.9. The molecule has 2 nitrogen and oxygen atoms in total. The Morgan fingerprint density at radius 1 is 1.06 bits per heavy atom. The molecule has 0 bridgehead atoms. The maximum Gasteiger partial charge on any atom is 0.119 e. The van der Waals surface area contributed by atoms with Gasteiger partial charge in [-0.25, -0.2) is 0 Å². The van der Waals surface area contributed by atoms with Crippen molar-refractivity contribution in [3.05, 3.63) is 59.9 Å². The third kappa shape index (κ3) is 3.35. The largest absolute Gasteiger partial charge is 0.494 e. The highest BCUT2D eigenvalue weighted by Crippen LogP contribution is 2.11. The Morgan fingerprint density at radius 2 is 1.82 bits per heavy atom. The predicted octanol–water partition coefficient (Wildman–Crippen LogP) is 2.88. The molecule has 84 valence electrons. The smallest absolute Gasteiger partial charge is 0.119 e. The number of rotatable bonds is 2. The molecule has 0 saturated heterocycles. The molecule has 1 heterocycles. The molecule has 0 amide bonds. The van der Waals surface area contributed by atoms with E-state index >= 15 is 0 Å². The van der Waals surface area contributed by atoms with E-state index in [-0.39, 0.29) is 0 Å². The quantitative estimate of drug-likeness (QED) is 0.730. The number of nitrogens with zero attached hydrogens (tertiary/aromatic N) is 1. The highest BCUT2D eigenvalue weighted by molar-refractivity contribution is 5.43. The van der Waals surface area contributed by atoms with Crippen molar-refractivity contribution in [2.45, 2.75) is 6.92 Å². The zero-order valence-electron chi connectivity index (χ0n) is 9.68. The molecule has 0 saturated carbocycles. The van der Waals surface area contributed by atoms with Crippen LogP contribution >= 0.6 is 0 Å². The maximum absolute atomic E-state index is 5.37. The SMILES string of the molecule is CCOc1ccc(C#Cc2cccnc2)cc1. The van der Waals surface area contributed by atoms with Gasteiger partial charge in [0.05, 0.1) is 6.61 Å². The molecule has 0 radical (unpaired) electrons. The van der Waals surface area contributed by atoms with Gasteiger partial charge in [0.2, 0.25) is 0 Å². The highest BCUT2D eigenvalue weighted by Gasteiger charge is 1.91. The Kier molecular flexibility index (Phi) is 3.77. The number of benzene rings is 1. The third-order valence-corrected chi connectivity index (χ3v) is 2.18. The highest BCUT2D eigenvalue weighted by atomic mass is 16.5. The summed E-state index contributed by atoms with van der Waals surface area (Å²) in [5.41, 5.74) is 1.89. The predicted molar refractivity (Wildman–Crippen MR) is 67.8 cm³/mol. The van der Waals surface area contributed by atoms with Crippen molar-refractivity contribution in [2.24, 2.45) is 0 Å². The van der Waals surface area contributed by atoms with E-state index in [1.165, 1.54) is 0 Å². The lowest BCUT2D eigenvalue weighted by molar-refractivity contribution is 0.340. The van der Waals surface area contributed by atoms with Gasteiger partial charge < -0.3 is 4.74 Å². The van der Waals surface area contributed by atoms with Gasteiger partial charge in [0.15, 0.2) is 0 Å². The molecule has 17 heavy (non-hydrogen) atoms. The lowest BCUT2D eigenvalue weighted by Gasteiger charge is -2.01. The fourth-order valence-electron chi connectivity index (χ4n) is 1.38. The van der Waals surface area contributed by atoms with Crippen molar-refractivity contribution in [3.8, 4) is 17.6 Å². The molecule has 2 rings (SSSR count). The second-order valence-electron chi connectivity index (χ2n) is 3.45. The van der Waals surface area contributed by atoms with E-state index in [9.17, 15) is 0 Å². The fraction of sp³-hybridized carbons (Fsp3) is 0.133. The van der Waals surface area contributed by atoms with Crippen molar-refractivity contribution in [1.29, 1.82) is 0 Å². The first-order valence-corrected chi connectivity index (χ1v) is 5.53. The van der Waals surface area contributed by atoms with Crippen LogP contribution in [0.15, 0.2) is 48.8 Å². The van der Waals surface area contributed by atoms with Crippen LogP contribution in [-0.4, -0.2) is 11.6 Å². The van der Waals surface area contributed by atoms with Crippen LogP contribution in [0.5, 0.6) is 5.75 Å². The monoisotopic (exact) mass is 223 g/mol. The average molecular weight is 223 g/mol. The Hall–Kier alpha value is -2.27. The van der Waals surface area contributed by atoms with Crippen molar-refractivity contribution in [2.75, 3.05) is 6.61 Å². The molecule has 0 unspecified atom stereocenters. The summed E-state index contributed by atoms with van der Waals surface area (Å²) in [4.78, 5) is 4.01. The Balaban J connectivity index is 2.12. The Bertz CT molecular complexity index is 520. The molecule has 0 aliphatic rings. The van der Waals surface area contributed by atoms with E-state index in [0.717, 1.165) is 16.9 Å². The number of ether oxygens (including phenoxy) is 1. The molecule has 0 aliphatic carbocycles. The van der Waals surface area contributed by atoms with E-state index in [2.05, 4.69) is 16.8 Å². The van der Waals surface area contributed by atoms with Crippen molar-refractivity contribution < 1.29 is 4.74 Å². The van der Waals surface area contributed by atoms with Crippen LogP contribution in [0.1, 0.15) is 18.1 Å². The summed E-state index contributed by atoms with van der Waals surface area (Å²) in [6.45, 7) is 2.65. The standard InChI is InChI=1S/C15H13NO/c1-2-17-15-9-7-13(8-10-15)5-6-14-4-3-11-16-12-14/h3-4,7-12H,2H2,1H3. The van der Waals surface area contributed by atoms with Crippen LogP contribution in [0, 0.1) is 11.8 Å². The van der Waals surface area contributed by atoms with Gasteiger partial charge in [-0.05, 0) is 43.3 Å². The van der Waals surface area contributed by atoms with Gasteiger partial charge in [0, 0.05) is 23.5 Å². The lowest BCUT2D eigenvalue weighted by Crippen LogP contribution is -1.90. The van der Waals surface area contributed by atoms with Gasteiger partial charge in [-0.2, -0.15) is 0 Å². The number of hydrogen-bond donors (Lipinski definition) is 0. The average Bonchev–Trinajstić information content (AvgIpc) is 2.40. The third-order valence-electron chi connectivity index (χ3n) is 2.18. The molecule has 0 N–H and O–H groups in total. The van der Waals surface area contributed by atoms with Crippen LogP contribution < -0.4 is 4.74 Å². The van der Waals surface area contributed by atoms with Gasteiger partial charge in [-0.3, -0.25) is 4.98 Å². The number of pyridine rings is 1. The Morgan fingerprint density at radius 3 is 2.47 bits per heavy atom. The minimum atomic E-state index is 0.681. The Labute approximate surface area is 101 Å². The van der Waals surface area contributed by atoms with Crippen molar-refractivity contribution in [1.82, 2.24) is 4.98 Å². The first-order valence-electron chi connectivity index (χ1n) is 5.53. The molecule has 2 heteroatoms. The van der Waals surface area contributed by atoms with E-state index in [1.807, 2.05) is 43.3 Å². The lowest BCUT2D eigenvalue weighted by atomic mass is 10.2. The fourth-order valence-corrected chi connectivity index (χ4v) is 1.38. The van der Waals surface area contributed by atoms with Crippen LogP contribution in [0.3, 0.4) is 0 Å². The van der Waals surface area contributed by atoms with Gasteiger partial charge in [-0.15, -0.1) is 0 Å². The summed E-state index contributed by atoms with van der Waals surface area (Å²) in [5, 5.41) is 0. The summed E-state index contributed by atoms with van der Waals surface area (Å²) < 4.78 is 5.37. The minimum Gasteiger partial charge on any atom is -0.494 e. The first-order chi connectivity index (χ1) is 8.38. The summed E-state index contributed by atoms with van der Waals surface area (Å²) in [6.07, 6.45) is 3.49. The van der Waals surface area contributed by atoms with Gasteiger partial charge in [-0.1, -0.05) is 11.8 Å². The van der Waals surface area contributed by atoms with E-state index in [0.29, 0.717) is 6.61 Å². The molecule has 0 fully saturated rings. The normalized spacial score (nSPS) is 9.24. The molecular weight excluding hydrogens is 210 g/mol. The molecule has 1 aromatic heterocycles. The van der Waals surface area contributed by atoms with Crippen LogP contribution in [0.4, 0.5) is 0 Å². The molecule has 0 atom stereocenters. The molecule has 1 aromatic carbocycles. The molecule has 0 aliphatic heterocycles. The van der Waals surface area contributed by atoms with Gasteiger partial charge >= 0.3 is 0 Å². The van der Waals surface area contributed by atoms with Crippen molar-refractivity contribution in [3.63, 3.8) is 0 Å². The summed E-state index contributed by atoms with van der Waals surface area (Å²) in [5.74, 6) is 7.02. The first kappa shape index (κ1) is 11.2. The maximum atomic E-state index is 5.37. The van der Waals surface area contributed by atoms with E-state index in [4.69, 9.17) is 4.74 Å². The topological polar surface area (TPSA) is 22.1 Å². The van der Waals surface area contributed by atoms with E-state index < -0.39 is 0 Å².